The number of hydrogen-bond donors (Lipinski definition) is 2. The molecule has 1 aromatic carbocycles. The number of ether oxygens (including phenoxy) is 1. The number of hydrogen-bond acceptors (Lipinski definition) is 5. The van der Waals surface area contributed by atoms with Crippen LogP contribution in [-0.4, -0.2) is 18.0 Å². The second kappa shape index (κ2) is 5.71. The highest BCUT2D eigenvalue weighted by Crippen LogP contribution is 2.22. The summed E-state index contributed by atoms with van der Waals surface area (Å²) in [5, 5.41) is 2.85. The summed E-state index contributed by atoms with van der Waals surface area (Å²) in [5.41, 5.74) is 9.45. The van der Waals surface area contributed by atoms with Crippen LogP contribution in [0.4, 0.5) is 5.69 Å². The average Bonchev–Trinajstić information content (AvgIpc) is 2.82. The number of thiazole rings is 1. The van der Waals surface area contributed by atoms with Crippen molar-refractivity contribution in [2.75, 3.05) is 12.8 Å². The minimum Gasteiger partial charge on any atom is -0.495 e. The smallest absolute Gasteiger partial charge is 0.251 e. The Morgan fingerprint density at radius 1 is 1.53 bits per heavy atom. The molecule has 2 aromatic rings. The molecule has 0 fully saturated rings. The predicted octanol–water partition coefficient (Wildman–Crippen LogP) is 1.97. The van der Waals surface area contributed by atoms with E-state index in [1.807, 2.05) is 6.92 Å². The Morgan fingerprint density at radius 3 is 2.95 bits per heavy atom. The third kappa shape index (κ3) is 3.03. The van der Waals surface area contributed by atoms with Crippen molar-refractivity contribution in [1.29, 1.82) is 0 Å². The largest absolute Gasteiger partial charge is 0.495 e. The van der Waals surface area contributed by atoms with Gasteiger partial charge in [0, 0.05) is 10.4 Å². The first kappa shape index (κ1) is 13.4. The first-order valence-corrected chi connectivity index (χ1v) is 6.60. The van der Waals surface area contributed by atoms with Crippen LogP contribution in [0.1, 0.15) is 20.9 Å². The van der Waals surface area contributed by atoms with Gasteiger partial charge >= 0.3 is 0 Å². The summed E-state index contributed by atoms with van der Waals surface area (Å²) < 4.78 is 5.09. The molecule has 5 nitrogen and oxygen atoms in total. The first-order valence-electron chi connectivity index (χ1n) is 5.72. The van der Waals surface area contributed by atoms with Crippen LogP contribution >= 0.6 is 11.3 Å². The summed E-state index contributed by atoms with van der Waals surface area (Å²) in [5.74, 6) is 0.340. The van der Waals surface area contributed by atoms with E-state index in [9.17, 15) is 4.79 Å². The Balaban J connectivity index is 2.06. The summed E-state index contributed by atoms with van der Waals surface area (Å²) in [6.07, 6.45) is 0. The Labute approximate surface area is 115 Å². The second-order valence-electron chi connectivity index (χ2n) is 4.00. The molecule has 0 aliphatic heterocycles. The third-order valence-corrected chi connectivity index (χ3v) is 3.69. The van der Waals surface area contributed by atoms with Crippen molar-refractivity contribution in [3.05, 3.63) is 39.8 Å². The topological polar surface area (TPSA) is 77.2 Å². The number of nitrogens with one attached hydrogen (secondary N) is 1. The molecule has 0 radical (unpaired) electrons. The highest BCUT2D eigenvalue weighted by atomic mass is 32.1. The fourth-order valence-electron chi connectivity index (χ4n) is 1.61. The van der Waals surface area contributed by atoms with Crippen LogP contribution in [0.2, 0.25) is 0 Å². The molecule has 3 N–H and O–H groups in total. The van der Waals surface area contributed by atoms with E-state index >= 15 is 0 Å². The van der Waals surface area contributed by atoms with Gasteiger partial charge in [-0.3, -0.25) is 4.79 Å². The van der Waals surface area contributed by atoms with Crippen molar-refractivity contribution in [1.82, 2.24) is 10.3 Å². The molecule has 2 rings (SSSR count). The van der Waals surface area contributed by atoms with Gasteiger partial charge in [0.2, 0.25) is 0 Å². The highest BCUT2D eigenvalue weighted by Gasteiger charge is 2.10. The number of benzene rings is 1. The zero-order chi connectivity index (χ0) is 13.8. The number of nitrogen functional groups attached to an aromatic ring is 1. The molecule has 0 atom stereocenters. The molecule has 0 aliphatic carbocycles. The van der Waals surface area contributed by atoms with E-state index in [4.69, 9.17) is 10.5 Å². The lowest BCUT2D eigenvalue weighted by molar-refractivity contribution is 0.0951. The van der Waals surface area contributed by atoms with Gasteiger partial charge in [0.15, 0.2) is 0 Å². The maximum atomic E-state index is 12.0. The van der Waals surface area contributed by atoms with Gasteiger partial charge in [0.25, 0.3) is 5.91 Å². The second-order valence-corrected chi connectivity index (χ2v) is 4.94. The van der Waals surface area contributed by atoms with Gasteiger partial charge in [-0.25, -0.2) is 4.98 Å². The number of aryl methyl sites for hydroxylation is 1. The van der Waals surface area contributed by atoms with Gasteiger partial charge in [-0.1, -0.05) is 0 Å². The van der Waals surface area contributed by atoms with Crippen molar-refractivity contribution < 1.29 is 9.53 Å². The molecule has 0 aliphatic rings. The van der Waals surface area contributed by atoms with Crippen LogP contribution in [0.15, 0.2) is 23.7 Å². The number of amides is 1. The lowest BCUT2D eigenvalue weighted by Crippen LogP contribution is -2.22. The Hall–Kier alpha value is -2.08. The van der Waals surface area contributed by atoms with Gasteiger partial charge < -0.3 is 15.8 Å². The lowest BCUT2D eigenvalue weighted by Gasteiger charge is -2.08. The van der Waals surface area contributed by atoms with Gasteiger partial charge in [0.05, 0.1) is 30.5 Å². The fraction of sp³-hybridized carbons (Fsp3) is 0.231. The van der Waals surface area contributed by atoms with Gasteiger partial charge in [-0.2, -0.15) is 0 Å². The monoisotopic (exact) mass is 277 g/mol. The van der Waals surface area contributed by atoms with E-state index in [0.717, 1.165) is 10.6 Å². The SMILES string of the molecule is COc1cc(C(=O)NCc2scnc2C)ccc1N. The predicted molar refractivity (Wildman–Crippen MR) is 75.4 cm³/mol. The van der Waals surface area contributed by atoms with Gasteiger partial charge in [-0.05, 0) is 25.1 Å². The summed E-state index contributed by atoms with van der Waals surface area (Å²) in [6, 6.07) is 4.96. The Morgan fingerprint density at radius 2 is 2.32 bits per heavy atom. The maximum absolute atomic E-state index is 12.0. The number of carbonyl (C=O) groups excluding carboxylic acids is 1. The van der Waals surface area contributed by atoms with E-state index < -0.39 is 0 Å². The summed E-state index contributed by atoms with van der Waals surface area (Å²) in [7, 11) is 1.52. The number of rotatable bonds is 4. The summed E-state index contributed by atoms with van der Waals surface area (Å²) >= 11 is 1.53. The third-order valence-electron chi connectivity index (χ3n) is 2.75. The number of anilines is 1. The summed E-state index contributed by atoms with van der Waals surface area (Å²) in [6.45, 7) is 2.40. The lowest BCUT2D eigenvalue weighted by atomic mass is 10.2. The van der Waals surface area contributed by atoms with Crippen molar-refractivity contribution in [2.45, 2.75) is 13.5 Å². The highest BCUT2D eigenvalue weighted by molar-refractivity contribution is 7.09. The van der Waals surface area contributed by atoms with Crippen molar-refractivity contribution in [3.8, 4) is 5.75 Å². The first-order chi connectivity index (χ1) is 9.11. The number of aromatic nitrogens is 1. The molecule has 6 heteroatoms. The van der Waals surface area contributed by atoms with Crippen molar-refractivity contribution in [2.24, 2.45) is 0 Å². The minimum absolute atomic E-state index is 0.161. The van der Waals surface area contributed by atoms with Crippen LogP contribution < -0.4 is 15.8 Å². The van der Waals surface area contributed by atoms with Crippen LogP contribution in [-0.2, 0) is 6.54 Å². The molecule has 19 heavy (non-hydrogen) atoms. The summed E-state index contributed by atoms with van der Waals surface area (Å²) in [4.78, 5) is 17.2. The van der Waals surface area contributed by atoms with E-state index in [2.05, 4.69) is 10.3 Å². The molecule has 100 valence electrons. The van der Waals surface area contributed by atoms with Crippen molar-refractivity contribution >= 4 is 22.9 Å². The molecule has 0 unspecified atom stereocenters. The van der Waals surface area contributed by atoms with Crippen LogP contribution in [0.5, 0.6) is 5.75 Å². The molecule has 0 saturated heterocycles. The standard InChI is InChI=1S/C13H15N3O2S/c1-8-12(19-7-16-8)6-15-13(17)9-3-4-10(14)11(5-9)18-2/h3-5,7H,6,14H2,1-2H3,(H,15,17). The van der Waals surface area contributed by atoms with E-state index in [1.165, 1.54) is 18.4 Å². The molecule has 0 bridgehead atoms. The molecular weight excluding hydrogens is 262 g/mol. The van der Waals surface area contributed by atoms with Gasteiger partial charge in [-0.15, -0.1) is 11.3 Å². The zero-order valence-corrected chi connectivity index (χ0v) is 11.6. The molecule has 1 aromatic heterocycles. The Bertz CT molecular complexity index is 595. The van der Waals surface area contributed by atoms with E-state index in [-0.39, 0.29) is 5.91 Å². The number of methoxy groups -OCH3 is 1. The normalized spacial score (nSPS) is 10.2. The minimum atomic E-state index is -0.161. The molecule has 1 amide bonds. The van der Waals surface area contributed by atoms with E-state index in [1.54, 1.807) is 23.7 Å². The Kier molecular flexibility index (Phi) is 4.01. The average molecular weight is 277 g/mol. The molecule has 0 spiro atoms. The zero-order valence-electron chi connectivity index (χ0n) is 10.8. The molecule has 0 saturated carbocycles. The van der Waals surface area contributed by atoms with E-state index in [0.29, 0.717) is 23.5 Å². The fourth-order valence-corrected chi connectivity index (χ4v) is 2.33. The van der Waals surface area contributed by atoms with Gasteiger partial charge in [0.1, 0.15) is 5.75 Å². The van der Waals surface area contributed by atoms with Crippen LogP contribution in [0.25, 0.3) is 0 Å². The van der Waals surface area contributed by atoms with Crippen LogP contribution in [0, 0.1) is 6.92 Å². The molecular formula is C13H15N3O2S. The molecule has 1 heterocycles. The van der Waals surface area contributed by atoms with Crippen LogP contribution in [0.3, 0.4) is 0 Å². The van der Waals surface area contributed by atoms with Crippen molar-refractivity contribution in [3.63, 3.8) is 0 Å². The quantitative estimate of drug-likeness (QED) is 0.838. The number of nitrogens with two attached hydrogens (primary N) is 1. The number of nitrogens with zero attached hydrogens (tertiary/aromatic N) is 1. The number of carbonyl (C=O) groups is 1. The maximum Gasteiger partial charge on any atom is 0.251 e.